The molecule has 0 bridgehead atoms. The van der Waals surface area contributed by atoms with Crippen LogP contribution >= 0.6 is 0 Å². The molecule has 0 saturated carbocycles. The Hall–Kier alpha value is -3.74. The Kier molecular flexibility index (Phi) is 6.89. The predicted molar refractivity (Wildman–Crippen MR) is 106 cm³/mol. The molecule has 0 aliphatic heterocycles. The summed E-state index contributed by atoms with van der Waals surface area (Å²) in [5.41, 5.74) is 2.22. The number of esters is 1. The van der Waals surface area contributed by atoms with Crippen LogP contribution in [0.5, 0.6) is 0 Å². The fourth-order valence-electron chi connectivity index (χ4n) is 2.56. The summed E-state index contributed by atoms with van der Waals surface area (Å²) in [5, 5.41) is 6.74. The molecule has 0 aliphatic carbocycles. The van der Waals surface area contributed by atoms with Crippen LogP contribution in [0.15, 0.2) is 73.1 Å². The lowest BCUT2D eigenvalue weighted by Crippen LogP contribution is -2.28. The van der Waals surface area contributed by atoms with Crippen molar-refractivity contribution >= 4 is 18.0 Å². The molecule has 0 atom stereocenters. The van der Waals surface area contributed by atoms with Crippen LogP contribution in [0.4, 0.5) is 4.39 Å². The van der Waals surface area contributed by atoms with Gasteiger partial charge in [-0.3, -0.25) is 9.48 Å². The third kappa shape index (κ3) is 6.42. The molecule has 0 radical (unpaired) electrons. The van der Waals surface area contributed by atoms with Gasteiger partial charge in [0.2, 0.25) is 0 Å². The Balaban J connectivity index is 1.41. The van der Waals surface area contributed by atoms with E-state index >= 15 is 0 Å². The molecule has 6 nitrogen and oxygen atoms in total. The van der Waals surface area contributed by atoms with Gasteiger partial charge in [0, 0.05) is 29.9 Å². The minimum atomic E-state index is -0.651. The molecule has 3 rings (SSSR count). The number of aromatic nitrogens is 2. The number of nitrogens with zero attached hydrogens (tertiary/aromatic N) is 2. The van der Waals surface area contributed by atoms with E-state index in [9.17, 15) is 14.0 Å². The van der Waals surface area contributed by atoms with Gasteiger partial charge in [-0.2, -0.15) is 5.10 Å². The number of halogens is 1. The Bertz CT molecular complexity index is 999. The van der Waals surface area contributed by atoms with Gasteiger partial charge in [0.1, 0.15) is 5.82 Å². The van der Waals surface area contributed by atoms with Gasteiger partial charge < -0.3 is 10.1 Å². The number of carbonyl (C=O) groups excluding carboxylic acids is 2. The first-order valence-corrected chi connectivity index (χ1v) is 9.01. The van der Waals surface area contributed by atoms with Crippen molar-refractivity contribution in [2.24, 2.45) is 0 Å². The summed E-state index contributed by atoms with van der Waals surface area (Å²) in [6.07, 6.45) is 6.23. The van der Waals surface area contributed by atoms with Crippen LogP contribution in [0.3, 0.4) is 0 Å². The summed E-state index contributed by atoms with van der Waals surface area (Å²) >= 11 is 0. The van der Waals surface area contributed by atoms with Gasteiger partial charge in [0.15, 0.2) is 6.61 Å². The average molecular weight is 393 g/mol. The maximum Gasteiger partial charge on any atom is 0.331 e. The number of rotatable bonds is 8. The highest BCUT2D eigenvalue weighted by Crippen LogP contribution is 2.06. The van der Waals surface area contributed by atoms with Gasteiger partial charge in [-0.05, 0) is 17.7 Å². The van der Waals surface area contributed by atoms with Gasteiger partial charge in [-0.1, -0.05) is 48.5 Å². The summed E-state index contributed by atoms with van der Waals surface area (Å²) in [6.45, 7) is 0.214. The fourth-order valence-corrected chi connectivity index (χ4v) is 2.56. The summed E-state index contributed by atoms with van der Waals surface area (Å²) < 4.78 is 20.1. The minimum absolute atomic E-state index is 0.0273. The quantitative estimate of drug-likeness (QED) is 0.472. The molecule has 3 aromatic rings. The largest absolute Gasteiger partial charge is 0.452 e. The van der Waals surface area contributed by atoms with Crippen molar-refractivity contribution in [3.63, 3.8) is 0 Å². The van der Waals surface area contributed by atoms with Crippen molar-refractivity contribution in [2.75, 3.05) is 6.61 Å². The number of amides is 1. The molecule has 0 saturated heterocycles. The van der Waals surface area contributed by atoms with Gasteiger partial charge in [-0.15, -0.1) is 0 Å². The number of ether oxygens (including phenoxy) is 1. The van der Waals surface area contributed by atoms with Gasteiger partial charge in [0.05, 0.1) is 12.7 Å². The highest BCUT2D eigenvalue weighted by molar-refractivity contribution is 5.89. The van der Waals surface area contributed by atoms with E-state index in [-0.39, 0.29) is 6.54 Å². The molecule has 0 spiro atoms. The molecule has 29 heavy (non-hydrogen) atoms. The van der Waals surface area contributed by atoms with E-state index in [0.29, 0.717) is 12.1 Å². The molecule has 7 heteroatoms. The van der Waals surface area contributed by atoms with Gasteiger partial charge >= 0.3 is 5.97 Å². The number of hydrogen-bond acceptors (Lipinski definition) is 4. The number of benzene rings is 2. The first-order valence-electron chi connectivity index (χ1n) is 9.01. The molecule has 1 amide bonds. The lowest BCUT2D eigenvalue weighted by molar-refractivity contribution is -0.143. The van der Waals surface area contributed by atoms with Crippen LogP contribution in [0.25, 0.3) is 6.08 Å². The maximum atomic E-state index is 13.5. The second-order valence-corrected chi connectivity index (χ2v) is 6.27. The smallest absolute Gasteiger partial charge is 0.331 e. The van der Waals surface area contributed by atoms with Crippen LogP contribution in [-0.4, -0.2) is 28.3 Å². The van der Waals surface area contributed by atoms with Gasteiger partial charge in [-0.25, -0.2) is 9.18 Å². The van der Waals surface area contributed by atoms with E-state index in [1.54, 1.807) is 41.4 Å². The topological polar surface area (TPSA) is 73.2 Å². The second kappa shape index (κ2) is 9.98. The lowest BCUT2D eigenvalue weighted by atomic mass is 10.2. The van der Waals surface area contributed by atoms with Crippen molar-refractivity contribution in [3.05, 3.63) is 95.6 Å². The van der Waals surface area contributed by atoms with Crippen molar-refractivity contribution < 1.29 is 18.7 Å². The lowest BCUT2D eigenvalue weighted by Gasteiger charge is -2.06. The average Bonchev–Trinajstić information content (AvgIpc) is 3.18. The molecule has 2 aromatic carbocycles. The molecule has 1 heterocycles. The van der Waals surface area contributed by atoms with Crippen LogP contribution in [0, 0.1) is 5.82 Å². The highest BCUT2D eigenvalue weighted by atomic mass is 19.1. The fraction of sp³-hybridized carbons (Fsp3) is 0.136. The van der Waals surface area contributed by atoms with E-state index in [2.05, 4.69) is 10.4 Å². The number of nitrogens with one attached hydrogen (secondary N) is 1. The molecular weight excluding hydrogens is 373 g/mol. The Labute approximate surface area is 167 Å². The van der Waals surface area contributed by atoms with Crippen LogP contribution in [0.2, 0.25) is 0 Å². The van der Waals surface area contributed by atoms with E-state index < -0.39 is 24.3 Å². The van der Waals surface area contributed by atoms with E-state index in [1.807, 2.05) is 30.3 Å². The van der Waals surface area contributed by atoms with E-state index in [0.717, 1.165) is 11.1 Å². The van der Waals surface area contributed by atoms with E-state index in [1.165, 1.54) is 12.1 Å². The van der Waals surface area contributed by atoms with Crippen molar-refractivity contribution in [1.29, 1.82) is 0 Å². The van der Waals surface area contributed by atoms with E-state index in [4.69, 9.17) is 4.74 Å². The third-order valence-corrected chi connectivity index (χ3v) is 4.03. The Morgan fingerprint density at radius 2 is 1.86 bits per heavy atom. The monoisotopic (exact) mass is 393 g/mol. The minimum Gasteiger partial charge on any atom is -0.452 e. The normalized spacial score (nSPS) is 10.8. The molecular formula is C22H20FN3O3. The zero-order valence-corrected chi connectivity index (χ0v) is 15.6. The molecule has 148 valence electrons. The van der Waals surface area contributed by atoms with Crippen molar-refractivity contribution in [3.8, 4) is 0 Å². The summed E-state index contributed by atoms with van der Waals surface area (Å²) in [4.78, 5) is 23.5. The molecule has 1 N–H and O–H groups in total. The molecule has 0 aliphatic rings. The van der Waals surface area contributed by atoms with Crippen LogP contribution in [-0.2, 0) is 27.4 Å². The summed E-state index contributed by atoms with van der Waals surface area (Å²) in [7, 11) is 0. The van der Waals surface area contributed by atoms with Gasteiger partial charge in [0.25, 0.3) is 5.91 Å². The maximum absolute atomic E-state index is 13.5. The SMILES string of the molecule is O=C(COC(=O)/C=C/c1cnn(Cc2ccccc2)c1)NCc1ccccc1F. The number of hydrogen-bond donors (Lipinski definition) is 1. The summed E-state index contributed by atoms with van der Waals surface area (Å²) in [5.74, 6) is -1.56. The Morgan fingerprint density at radius 1 is 1.10 bits per heavy atom. The molecule has 0 unspecified atom stereocenters. The molecule has 1 aromatic heterocycles. The third-order valence-electron chi connectivity index (χ3n) is 4.03. The predicted octanol–water partition coefficient (Wildman–Crippen LogP) is 2.94. The first-order chi connectivity index (χ1) is 14.1. The standard InChI is InChI=1S/C22H20FN3O3/c23-20-9-5-4-8-19(20)13-24-21(27)16-29-22(28)11-10-18-12-25-26(15-18)14-17-6-2-1-3-7-17/h1-12,15H,13-14,16H2,(H,24,27)/b11-10+. The zero-order chi connectivity index (χ0) is 20.5. The highest BCUT2D eigenvalue weighted by Gasteiger charge is 2.07. The van der Waals surface area contributed by atoms with Crippen molar-refractivity contribution in [2.45, 2.75) is 13.1 Å². The zero-order valence-electron chi connectivity index (χ0n) is 15.6. The number of carbonyl (C=O) groups is 2. The molecule has 0 fully saturated rings. The van der Waals surface area contributed by atoms with Crippen molar-refractivity contribution in [1.82, 2.24) is 15.1 Å². The Morgan fingerprint density at radius 3 is 2.66 bits per heavy atom. The van der Waals surface area contributed by atoms with Crippen LogP contribution in [0.1, 0.15) is 16.7 Å². The summed E-state index contributed by atoms with van der Waals surface area (Å²) in [6, 6.07) is 16.0. The second-order valence-electron chi connectivity index (χ2n) is 6.27. The first kappa shape index (κ1) is 20.0. The van der Waals surface area contributed by atoms with Crippen LogP contribution < -0.4 is 5.32 Å².